The summed E-state index contributed by atoms with van der Waals surface area (Å²) in [5.41, 5.74) is 6.09. The molecule has 0 aliphatic carbocycles. The van der Waals surface area contributed by atoms with Crippen LogP contribution in [0, 0.1) is 0 Å². The van der Waals surface area contributed by atoms with E-state index in [1.165, 1.54) is 0 Å². The summed E-state index contributed by atoms with van der Waals surface area (Å²) in [5.74, 6) is 0.642. The number of aromatic nitrogens is 2. The van der Waals surface area contributed by atoms with Crippen LogP contribution in [0.2, 0.25) is 0 Å². The highest BCUT2D eigenvalue weighted by molar-refractivity contribution is 5.36. The Morgan fingerprint density at radius 2 is 2.20 bits per heavy atom. The zero-order chi connectivity index (χ0) is 10.7. The number of ether oxygens (including phenoxy) is 1. The summed E-state index contributed by atoms with van der Waals surface area (Å²) in [6, 6.07) is 0.400. The molecule has 0 saturated carbocycles. The van der Waals surface area contributed by atoms with Gasteiger partial charge in [0.25, 0.3) is 0 Å². The molecule has 1 aromatic heterocycles. The van der Waals surface area contributed by atoms with Crippen molar-refractivity contribution < 1.29 is 4.74 Å². The second-order valence-electron chi connectivity index (χ2n) is 3.89. The van der Waals surface area contributed by atoms with Gasteiger partial charge in [-0.05, 0) is 19.8 Å². The molecule has 2 rings (SSSR count). The molecule has 1 aromatic rings. The molecule has 1 saturated heterocycles. The van der Waals surface area contributed by atoms with E-state index in [-0.39, 0.29) is 0 Å². The molecule has 0 radical (unpaired) electrons. The summed E-state index contributed by atoms with van der Waals surface area (Å²) in [4.78, 5) is 8.22. The number of hydrogen-bond acceptors (Lipinski definition) is 5. The minimum absolute atomic E-state index is 0.310. The molecular weight excluding hydrogens is 192 g/mol. The lowest BCUT2D eigenvalue weighted by molar-refractivity contribution is 0.0231. The van der Waals surface area contributed by atoms with E-state index in [0.717, 1.165) is 19.4 Å². The van der Waals surface area contributed by atoms with E-state index >= 15 is 0 Å². The van der Waals surface area contributed by atoms with Gasteiger partial charge < -0.3 is 15.8 Å². The van der Waals surface area contributed by atoms with Gasteiger partial charge in [-0.15, -0.1) is 0 Å². The summed E-state index contributed by atoms with van der Waals surface area (Å²) in [6.07, 6.45) is 5.52. The molecule has 0 spiro atoms. The highest BCUT2D eigenvalue weighted by Gasteiger charge is 2.19. The van der Waals surface area contributed by atoms with Crippen LogP contribution in [0.15, 0.2) is 12.4 Å². The average molecular weight is 208 g/mol. The number of nitrogens with zero attached hydrogens (tertiary/aromatic N) is 2. The fraction of sp³-hybridized carbons (Fsp3) is 0.600. The molecule has 5 heteroatoms. The Kier molecular flexibility index (Phi) is 3.01. The minimum Gasteiger partial charge on any atom is -0.396 e. The monoisotopic (exact) mass is 208 g/mol. The number of nitrogens with one attached hydrogen (secondary N) is 1. The van der Waals surface area contributed by atoms with Crippen LogP contribution >= 0.6 is 0 Å². The van der Waals surface area contributed by atoms with Gasteiger partial charge in [-0.25, -0.2) is 9.97 Å². The van der Waals surface area contributed by atoms with E-state index in [0.29, 0.717) is 23.8 Å². The Balaban J connectivity index is 1.93. The third-order valence-electron chi connectivity index (χ3n) is 2.49. The summed E-state index contributed by atoms with van der Waals surface area (Å²) < 4.78 is 5.46. The molecule has 0 aromatic carbocycles. The summed E-state index contributed by atoms with van der Waals surface area (Å²) in [5, 5.41) is 3.28. The topological polar surface area (TPSA) is 73.1 Å². The Morgan fingerprint density at radius 3 is 2.87 bits per heavy atom. The highest BCUT2D eigenvalue weighted by atomic mass is 16.5. The zero-order valence-corrected chi connectivity index (χ0v) is 8.81. The molecule has 3 N–H and O–H groups in total. The largest absolute Gasteiger partial charge is 0.396 e. The van der Waals surface area contributed by atoms with Gasteiger partial charge in [0.2, 0.25) is 5.95 Å². The lowest BCUT2D eigenvalue weighted by atomic mass is 10.0. The van der Waals surface area contributed by atoms with E-state index in [1.54, 1.807) is 12.4 Å². The van der Waals surface area contributed by atoms with Crippen LogP contribution in [0.5, 0.6) is 0 Å². The van der Waals surface area contributed by atoms with Crippen molar-refractivity contribution in [1.82, 2.24) is 9.97 Å². The zero-order valence-electron chi connectivity index (χ0n) is 8.81. The third-order valence-corrected chi connectivity index (χ3v) is 2.49. The Labute approximate surface area is 89.1 Å². The predicted octanol–water partition coefficient (Wildman–Crippen LogP) is 1.04. The predicted molar refractivity (Wildman–Crippen MR) is 58.5 cm³/mol. The van der Waals surface area contributed by atoms with Crippen molar-refractivity contribution in [3.05, 3.63) is 12.4 Å². The van der Waals surface area contributed by atoms with Gasteiger partial charge in [0, 0.05) is 12.6 Å². The molecule has 82 valence electrons. The fourth-order valence-electron chi connectivity index (χ4n) is 1.72. The van der Waals surface area contributed by atoms with Gasteiger partial charge in [-0.1, -0.05) is 0 Å². The number of nitrogens with two attached hydrogens (primary N) is 1. The molecule has 5 nitrogen and oxygen atoms in total. The molecule has 0 amide bonds. The first-order valence-corrected chi connectivity index (χ1v) is 5.19. The fourth-order valence-corrected chi connectivity index (χ4v) is 1.72. The number of rotatable bonds is 2. The van der Waals surface area contributed by atoms with Crippen LogP contribution in [0.25, 0.3) is 0 Å². The van der Waals surface area contributed by atoms with E-state index in [9.17, 15) is 0 Å². The quantitative estimate of drug-likeness (QED) is 0.759. The summed E-state index contributed by atoms with van der Waals surface area (Å²) in [7, 11) is 0. The van der Waals surface area contributed by atoms with Crippen molar-refractivity contribution >= 4 is 11.6 Å². The first kappa shape index (κ1) is 10.2. The van der Waals surface area contributed by atoms with Crippen LogP contribution in [-0.4, -0.2) is 28.7 Å². The number of anilines is 2. The SMILES string of the molecule is CC1CC(Nc2ncc(N)cn2)CCO1. The van der Waals surface area contributed by atoms with Crippen molar-refractivity contribution in [1.29, 1.82) is 0 Å². The van der Waals surface area contributed by atoms with Crippen LogP contribution < -0.4 is 11.1 Å². The van der Waals surface area contributed by atoms with Gasteiger partial charge in [0.1, 0.15) is 0 Å². The van der Waals surface area contributed by atoms with Crippen LogP contribution in [0.4, 0.5) is 11.6 Å². The van der Waals surface area contributed by atoms with Crippen LogP contribution in [0.3, 0.4) is 0 Å². The Hall–Kier alpha value is -1.36. The van der Waals surface area contributed by atoms with Crippen molar-refractivity contribution in [2.24, 2.45) is 0 Å². The third kappa shape index (κ3) is 2.79. The smallest absolute Gasteiger partial charge is 0.222 e. The first-order valence-electron chi connectivity index (χ1n) is 5.19. The first-order chi connectivity index (χ1) is 7.24. The Morgan fingerprint density at radius 1 is 1.47 bits per heavy atom. The summed E-state index contributed by atoms with van der Waals surface area (Å²) >= 11 is 0. The lowest BCUT2D eigenvalue weighted by Crippen LogP contribution is -2.33. The van der Waals surface area contributed by atoms with E-state index in [1.807, 2.05) is 0 Å². The molecule has 1 aliphatic rings. The average Bonchev–Trinajstić information content (AvgIpc) is 2.22. The molecule has 2 unspecified atom stereocenters. The molecule has 1 aliphatic heterocycles. The highest BCUT2D eigenvalue weighted by Crippen LogP contribution is 2.16. The number of hydrogen-bond donors (Lipinski definition) is 2. The number of nitrogen functional groups attached to an aromatic ring is 1. The van der Waals surface area contributed by atoms with Gasteiger partial charge >= 0.3 is 0 Å². The normalized spacial score (nSPS) is 26.2. The van der Waals surface area contributed by atoms with Gasteiger partial charge in [0.05, 0.1) is 24.2 Å². The van der Waals surface area contributed by atoms with Gasteiger partial charge in [0.15, 0.2) is 0 Å². The van der Waals surface area contributed by atoms with Gasteiger partial charge in [-0.2, -0.15) is 0 Å². The maximum Gasteiger partial charge on any atom is 0.222 e. The summed E-state index contributed by atoms with van der Waals surface area (Å²) in [6.45, 7) is 2.88. The molecule has 2 heterocycles. The standard InChI is InChI=1S/C10H16N4O/c1-7-4-9(2-3-15-7)14-10-12-5-8(11)6-13-10/h5-7,9H,2-4,11H2,1H3,(H,12,13,14). The van der Waals surface area contributed by atoms with E-state index in [4.69, 9.17) is 10.5 Å². The molecule has 0 bridgehead atoms. The maximum atomic E-state index is 5.51. The molecular formula is C10H16N4O. The van der Waals surface area contributed by atoms with Crippen LogP contribution in [0.1, 0.15) is 19.8 Å². The van der Waals surface area contributed by atoms with Crippen molar-refractivity contribution in [2.45, 2.75) is 31.9 Å². The van der Waals surface area contributed by atoms with Gasteiger partial charge in [-0.3, -0.25) is 0 Å². The molecule has 15 heavy (non-hydrogen) atoms. The second kappa shape index (κ2) is 4.44. The lowest BCUT2D eigenvalue weighted by Gasteiger charge is -2.27. The van der Waals surface area contributed by atoms with Crippen LogP contribution in [-0.2, 0) is 4.74 Å². The van der Waals surface area contributed by atoms with Crippen molar-refractivity contribution in [3.8, 4) is 0 Å². The minimum atomic E-state index is 0.310. The second-order valence-corrected chi connectivity index (χ2v) is 3.89. The van der Waals surface area contributed by atoms with E-state index < -0.39 is 0 Å². The van der Waals surface area contributed by atoms with Crippen molar-refractivity contribution in [3.63, 3.8) is 0 Å². The Bertz CT molecular complexity index is 314. The molecule has 1 fully saturated rings. The van der Waals surface area contributed by atoms with Crippen molar-refractivity contribution in [2.75, 3.05) is 17.7 Å². The van der Waals surface area contributed by atoms with E-state index in [2.05, 4.69) is 22.2 Å². The molecule has 2 atom stereocenters. The maximum absolute atomic E-state index is 5.51.